The van der Waals surface area contributed by atoms with Crippen LogP contribution in [0.1, 0.15) is 25.3 Å². The monoisotopic (exact) mass is 282 g/mol. The van der Waals surface area contributed by atoms with Gasteiger partial charge in [0.2, 0.25) is 0 Å². The third-order valence-electron chi connectivity index (χ3n) is 3.33. The zero-order valence-corrected chi connectivity index (χ0v) is 11.5. The summed E-state index contributed by atoms with van der Waals surface area (Å²) >= 11 is 3.65. The molecule has 0 bridgehead atoms. The second-order valence-corrected chi connectivity index (χ2v) is 5.64. The Bertz CT molecular complexity index is 378. The third-order valence-corrected chi connectivity index (χ3v) is 3.96. The number of piperidine rings is 1. The first-order valence-electron chi connectivity index (χ1n) is 5.86. The van der Waals surface area contributed by atoms with Gasteiger partial charge in [0.25, 0.3) is 0 Å². The molecule has 1 saturated heterocycles. The number of rotatable bonds is 1. The Morgan fingerprint density at radius 3 is 2.81 bits per heavy atom. The highest BCUT2D eigenvalue weighted by atomic mass is 79.9. The molecule has 0 radical (unpaired) electrons. The molecule has 1 fully saturated rings. The number of nitrogens with zero attached hydrogens (tertiary/aromatic N) is 1. The normalized spacial score (nSPS) is 25.9. The SMILES string of the molecule is Cc1ccc(N2CCC(N)CC2C)c(Br)c1. The summed E-state index contributed by atoms with van der Waals surface area (Å²) in [7, 11) is 0. The van der Waals surface area contributed by atoms with E-state index in [1.54, 1.807) is 0 Å². The Balaban J connectivity index is 2.23. The number of aryl methyl sites for hydroxylation is 1. The van der Waals surface area contributed by atoms with Crippen LogP contribution in [0.25, 0.3) is 0 Å². The van der Waals surface area contributed by atoms with E-state index in [1.807, 2.05) is 0 Å². The molecular formula is C13H19BrN2. The van der Waals surface area contributed by atoms with Gasteiger partial charge in [0.1, 0.15) is 0 Å². The van der Waals surface area contributed by atoms with Crippen LogP contribution in [0.2, 0.25) is 0 Å². The Morgan fingerprint density at radius 1 is 1.44 bits per heavy atom. The largest absolute Gasteiger partial charge is 0.368 e. The maximum Gasteiger partial charge on any atom is 0.0513 e. The van der Waals surface area contributed by atoms with Gasteiger partial charge in [0.15, 0.2) is 0 Å². The van der Waals surface area contributed by atoms with Crippen molar-refractivity contribution < 1.29 is 0 Å². The van der Waals surface area contributed by atoms with E-state index in [9.17, 15) is 0 Å². The summed E-state index contributed by atoms with van der Waals surface area (Å²) in [5.74, 6) is 0. The van der Waals surface area contributed by atoms with Crippen LogP contribution in [0.3, 0.4) is 0 Å². The molecule has 0 saturated carbocycles. The lowest BCUT2D eigenvalue weighted by Gasteiger charge is -2.38. The predicted octanol–water partition coefficient (Wildman–Crippen LogP) is 3.07. The topological polar surface area (TPSA) is 29.3 Å². The average molecular weight is 283 g/mol. The molecule has 3 heteroatoms. The van der Waals surface area contributed by atoms with Crippen molar-refractivity contribution in [3.05, 3.63) is 28.2 Å². The Labute approximate surface area is 106 Å². The molecule has 88 valence electrons. The third kappa shape index (κ3) is 2.41. The summed E-state index contributed by atoms with van der Waals surface area (Å²) in [6.45, 7) is 5.43. The number of benzene rings is 1. The smallest absolute Gasteiger partial charge is 0.0513 e. The fourth-order valence-corrected chi connectivity index (χ4v) is 3.13. The lowest BCUT2D eigenvalue weighted by Crippen LogP contribution is -2.45. The van der Waals surface area contributed by atoms with Gasteiger partial charge in [-0.15, -0.1) is 0 Å². The first-order chi connectivity index (χ1) is 7.58. The zero-order chi connectivity index (χ0) is 11.7. The van der Waals surface area contributed by atoms with E-state index in [-0.39, 0.29) is 0 Å². The van der Waals surface area contributed by atoms with E-state index in [2.05, 4.69) is 52.9 Å². The summed E-state index contributed by atoms with van der Waals surface area (Å²) in [6, 6.07) is 7.45. The number of hydrogen-bond donors (Lipinski definition) is 1. The molecule has 2 rings (SSSR count). The lowest BCUT2D eigenvalue weighted by atomic mass is 9.98. The highest BCUT2D eigenvalue weighted by Crippen LogP contribution is 2.31. The van der Waals surface area contributed by atoms with Gasteiger partial charge in [-0.3, -0.25) is 0 Å². The Morgan fingerprint density at radius 2 is 2.19 bits per heavy atom. The molecule has 2 N–H and O–H groups in total. The van der Waals surface area contributed by atoms with Crippen LogP contribution in [0.15, 0.2) is 22.7 Å². The van der Waals surface area contributed by atoms with Crippen molar-refractivity contribution in [2.24, 2.45) is 5.73 Å². The molecular weight excluding hydrogens is 264 g/mol. The standard InChI is InChI=1S/C13H19BrN2/c1-9-3-4-13(12(14)7-9)16-6-5-11(15)8-10(16)2/h3-4,7,10-11H,5-6,8,15H2,1-2H3. The van der Waals surface area contributed by atoms with Gasteiger partial charge in [-0.05, 0) is 60.3 Å². The highest BCUT2D eigenvalue weighted by molar-refractivity contribution is 9.10. The number of nitrogens with two attached hydrogens (primary N) is 1. The first kappa shape index (κ1) is 11.9. The second-order valence-electron chi connectivity index (χ2n) is 4.78. The maximum absolute atomic E-state index is 5.99. The molecule has 0 aromatic heterocycles. The van der Waals surface area contributed by atoms with Crippen LogP contribution < -0.4 is 10.6 Å². The van der Waals surface area contributed by atoms with Crippen molar-refractivity contribution in [3.8, 4) is 0 Å². The Kier molecular flexibility index (Phi) is 3.55. The van der Waals surface area contributed by atoms with Gasteiger partial charge in [0, 0.05) is 23.1 Å². The molecule has 0 amide bonds. The lowest BCUT2D eigenvalue weighted by molar-refractivity contribution is 0.429. The zero-order valence-electron chi connectivity index (χ0n) is 9.91. The molecule has 0 aliphatic carbocycles. The molecule has 1 aromatic carbocycles. The summed E-state index contributed by atoms with van der Waals surface area (Å²) in [5.41, 5.74) is 8.57. The number of halogens is 1. The van der Waals surface area contributed by atoms with Crippen LogP contribution in [-0.2, 0) is 0 Å². The van der Waals surface area contributed by atoms with Gasteiger partial charge in [-0.25, -0.2) is 0 Å². The molecule has 2 unspecified atom stereocenters. The summed E-state index contributed by atoms with van der Waals surface area (Å²) in [6.07, 6.45) is 2.17. The first-order valence-corrected chi connectivity index (χ1v) is 6.65. The van der Waals surface area contributed by atoms with Crippen LogP contribution in [-0.4, -0.2) is 18.6 Å². The summed E-state index contributed by atoms with van der Waals surface area (Å²) in [5, 5.41) is 0. The molecule has 1 aliphatic heterocycles. The van der Waals surface area contributed by atoms with Crippen molar-refractivity contribution in [1.29, 1.82) is 0 Å². The highest BCUT2D eigenvalue weighted by Gasteiger charge is 2.24. The van der Waals surface area contributed by atoms with Gasteiger partial charge in [0.05, 0.1) is 5.69 Å². The molecule has 1 aromatic rings. The van der Waals surface area contributed by atoms with E-state index in [4.69, 9.17) is 5.73 Å². The van der Waals surface area contributed by atoms with E-state index < -0.39 is 0 Å². The van der Waals surface area contributed by atoms with E-state index >= 15 is 0 Å². The van der Waals surface area contributed by atoms with Crippen LogP contribution in [0.5, 0.6) is 0 Å². The molecule has 1 heterocycles. The van der Waals surface area contributed by atoms with Gasteiger partial charge >= 0.3 is 0 Å². The Hall–Kier alpha value is -0.540. The van der Waals surface area contributed by atoms with E-state index in [1.165, 1.54) is 15.7 Å². The summed E-state index contributed by atoms with van der Waals surface area (Å²) < 4.78 is 1.19. The van der Waals surface area contributed by atoms with Gasteiger partial charge < -0.3 is 10.6 Å². The minimum Gasteiger partial charge on any atom is -0.368 e. The molecule has 2 nitrogen and oxygen atoms in total. The summed E-state index contributed by atoms with van der Waals surface area (Å²) in [4.78, 5) is 2.45. The maximum atomic E-state index is 5.99. The van der Waals surface area contributed by atoms with Gasteiger partial charge in [-0.1, -0.05) is 6.07 Å². The van der Waals surface area contributed by atoms with Crippen LogP contribution in [0, 0.1) is 6.92 Å². The second kappa shape index (κ2) is 4.76. The molecule has 16 heavy (non-hydrogen) atoms. The van der Waals surface area contributed by atoms with Crippen molar-refractivity contribution in [2.75, 3.05) is 11.4 Å². The van der Waals surface area contributed by atoms with Crippen molar-refractivity contribution >= 4 is 21.6 Å². The van der Waals surface area contributed by atoms with Crippen LogP contribution >= 0.6 is 15.9 Å². The van der Waals surface area contributed by atoms with E-state index in [0.29, 0.717) is 12.1 Å². The minimum atomic E-state index is 0.371. The van der Waals surface area contributed by atoms with Crippen molar-refractivity contribution in [1.82, 2.24) is 0 Å². The predicted molar refractivity (Wildman–Crippen MR) is 72.9 cm³/mol. The van der Waals surface area contributed by atoms with Crippen LogP contribution in [0.4, 0.5) is 5.69 Å². The molecule has 1 aliphatic rings. The van der Waals surface area contributed by atoms with Gasteiger partial charge in [-0.2, -0.15) is 0 Å². The van der Waals surface area contributed by atoms with E-state index in [0.717, 1.165) is 19.4 Å². The van der Waals surface area contributed by atoms with Crippen molar-refractivity contribution in [2.45, 2.75) is 38.8 Å². The van der Waals surface area contributed by atoms with Crippen molar-refractivity contribution in [3.63, 3.8) is 0 Å². The number of anilines is 1. The average Bonchev–Trinajstić information content (AvgIpc) is 2.19. The molecule has 2 atom stereocenters. The molecule has 0 spiro atoms. The fraction of sp³-hybridized carbons (Fsp3) is 0.538. The number of hydrogen-bond acceptors (Lipinski definition) is 2. The minimum absolute atomic E-state index is 0.371. The fourth-order valence-electron chi connectivity index (χ4n) is 2.41. The quantitative estimate of drug-likeness (QED) is 0.858.